The molecule has 0 radical (unpaired) electrons. The van der Waals surface area contributed by atoms with Gasteiger partial charge < -0.3 is 0 Å². The van der Waals surface area contributed by atoms with Gasteiger partial charge in [-0.25, -0.2) is 17.7 Å². The second-order valence-corrected chi connectivity index (χ2v) is 8.63. The molecule has 0 unspecified atom stereocenters. The fourth-order valence-corrected chi connectivity index (χ4v) is 4.37. The standard InChI is InChI=1S/C20H16ClF3N2O2S/c1-13-3-6-16(7-4-13)29(27,28)26(19-11-14(2)9-10-25-19)18-12-15(20(22,23)24)5-8-17(18)21/h3-12H,1-2H3. The number of nitrogens with zero attached hydrogens (tertiary/aromatic N) is 2. The Balaban J connectivity index is 2.29. The summed E-state index contributed by atoms with van der Waals surface area (Å²) in [5, 5.41) is -0.156. The number of sulfonamides is 1. The van der Waals surface area contributed by atoms with Crippen LogP contribution in [0, 0.1) is 13.8 Å². The molecular formula is C20H16ClF3N2O2S. The van der Waals surface area contributed by atoms with Crippen molar-refractivity contribution >= 4 is 33.1 Å². The number of anilines is 2. The van der Waals surface area contributed by atoms with Crippen LogP contribution in [-0.4, -0.2) is 13.4 Å². The van der Waals surface area contributed by atoms with Crippen LogP contribution in [0.5, 0.6) is 0 Å². The van der Waals surface area contributed by atoms with Crippen molar-refractivity contribution < 1.29 is 21.6 Å². The van der Waals surface area contributed by atoms with Crippen molar-refractivity contribution in [1.29, 1.82) is 0 Å². The third-order valence-electron chi connectivity index (χ3n) is 4.16. The summed E-state index contributed by atoms with van der Waals surface area (Å²) >= 11 is 6.15. The van der Waals surface area contributed by atoms with E-state index in [-0.39, 0.29) is 21.4 Å². The van der Waals surface area contributed by atoms with Crippen LogP contribution >= 0.6 is 11.6 Å². The molecule has 9 heteroatoms. The van der Waals surface area contributed by atoms with Gasteiger partial charge in [0.2, 0.25) is 0 Å². The zero-order chi connectivity index (χ0) is 21.4. The van der Waals surface area contributed by atoms with E-state index in [4.69, 9.17) is 11.6 Å². The Morgan fingerprint density at radius 3 is 2.17 bits per heavy atom. The fraction of sp³-hybridized carbons (Fsp3) is 0.150. The molecule has 1 heterocycles. The van der Waals surface area contributed by atoms with Gasteiger partial charge in [0.1, 0.15) is 5.82 Å². The van der Waals surface area contributed by atoms with Crippen molar-refractivity contribution in [3.63, 3.8) is 0 Å². The number of hydrogen-bond acceptors (Lipinski definition) is 3. The zero-order valence-corrected chi connectivity index (χ0v) is 17.0. The minimum atomic E-state index is -4.67. The SMILES string of the molecule is Cc1ccc(S(=O)(=O)N(c2cc(C)ccn2)c2cc(C(F)(F)F)ccc2Cl)cc1. The van der Waals surface area contributed by atoms with Crippen LogP contribution in [0.4, 0.5) is 24.7 Å². The van der Waals surface area contributed by atoms with Gasteiger partial charge in [-0.2, -0.15) is 13.2 Å². The van der Waals surface area contributed by atoms with Crippen molar-refractivity contribution in [1.82, 2.24) is 4.98 Å². The number of aryl methyl sites for hydroxylation is 2. The molecule has 0 fully saturated rings. The highest BCUT2D eigenvalue weighted by atomic mass is 35.5. The van der Waals surface area contributed by atoms with E-state index in [0.717, 1.165) is 22.0 Å². The monoisotopic (exact) mass is 440 g/mol. The van der Waals surface area contributed by atoms with Crippen LogP contribution in [0.1, 0.15) is 16.7 Å². The summed E-state index contributed by atoms with van der Waals surface area (Å²) in [5.74, 6) is -0.0631. The lowest BCUT2D eigenvalue weighted by molar-refractivity contribution is -0.137. The molecule has 0 spiro atoms. The lowest BCUT2D eigenvalue weighted by Gasteiger charge is -2.25. The first kappa shape index (κ1) is 21.1. The normalized spacial score (nSPS) is 12.1. The second-order valence-electron chi connectivity index (χ2n) is 6.44. The maximum Gasteiger partial charge on any atom is 0.416 e. The molecule has 0 aliphatic heterocycles. The summed E-state index contributed by atoms with van der Waals surface area (Å²) in [5.41, 5.74) is 0.164. The van der Waals surface area contributed by atoms with Gasteiger partial charge in [-0.3, -0.25) is 0 Å². The molecule has 0 amide bonds. The highest BCUT2D eigenvalue weighted by Crippen LogP contribution is 2.40. The summed E-state index contributed by atoms with van der Waals surface area (Å²) in [6.45, 7) is 3.51. The molecule has 3 aromatic rings. The van der Waals surface area contributed by atoms with E-state index in [0.29, 0.717) is 11.6 Å². The smallest absolute Gasteiger partial charge is 0.238 e. The molecule has 4 nitrogen and oxygen atoms in total. The third kappa shape index (κ3) is 4.38. The molecule has 0 saturated carbocycles. The van der Waals surface area contributed by atoms with E-state index in [9.17, 15) is 21.6 Å². The minimum Gasteiger partial charge on any atom is -0.238 e. The van der Waals surface area contributed by atoms with Gasteiger partial charge in [-0.15, -0.1) is 0 Å². The van der Waals surface area contributed by atoms with Crippen molar-refractivity contribution in [3.05, 3.63) is 82.5 Å². The molecule has 152 valence electrons. The highest BCUT2D eigenvalue weighted by Gasteiger charge is 2.35. The maximum atomic E-state index is 13.4. The van der Waals surface area contributed by atoms with E-state index >= 15 is 0 Å². The predicted molar refractivity (Wildman–Crippen MR) is 106 cm³/mol. The zero-order valence-electron chi connectivity index (χ0n) is 15.4. The lowest BCUT2D eigenvalue weighted by Crippen LogP contribution is -2.28. The Bertz CT molecular complexity index is 1150. The first-order valence-corrected chi connectivity index (χ1v) is 10.2. The number of pyridine rings is 1. The Morgan fingerprint density at radius 2 is 1.59 bits per heavy atom. The van der Waals surface area contributed by atoms with Crippen LogP contribution in [0.15, 0.2) is 65.7 Å². The molecule has 2 aromatic carbocycles. The number of alkyl halides is 3. The van der Waals surface area contributed by atoms with Gasteiger partial charge in [0.15, 0.2) is 0 Å². The second kappa shape index (κ2) is 7.68. The Kier molecular flexibility index (Phi) is 5.60. The van der Waals surface area contributed by atoms with Gasteiger partial charge in [0.05, 0.1) is 21.2 Å². The third-order valence-corrected chi connectivity index (χ3v) is 6.21. The minimum absolute atomic E-state index is 0.0631. The highest BCUT2D eigenvalue weighted by molar-refractivity contribution is 7.93. The number of hydrogen-bond donors (Lipinski definition) is 0. The molecule has 0 aliphatic carbocycles. The average Bonchev–Trinajstić information content (AvgIpc) is 2.63. The van der Waals surface area contributed by atoms with Crippen LogP contribution < -0.4 is 4.31 Å². The molecule has 0 saturated heterocycles. The summed E-state index contributed by atoms with van der Waals surface area (Å²) < 4.78 is 67.4. The number of rotatable bonds is 4. The van der Waals surface area contributed by atoms with Crippen LogP contribution in [0.25, 0.3) is 0 Å². The summed E-state index contributed by atoms with van der Waals surface area (Å²) in [4.78, 5) is 3.97. The first-order chi connectivity index (χ1) is 13.5. The van der Waals surface area contributed by atoms with Crippen molar-refractivity contribution in [2.24, 2.45) is 0 Å². The number of benzene rings is 2. The first-order valence-electron chi connectivity index (χ1n) is 8.41. The van der Waals surface area contributed by atoms with Crippen molar-refractivity contribution in [3.8, 4) is 0 Å². The van der Waals surface area contributed by atoms with Crippen LogP contribution in [0.3, 0.4) is 0 Å². The molecule has 3 rings (SSSR count). The van der Waals surface area contributed by atoms with E-state index < -0.39 is 21.8 Å². The average molecular weight is 441 g/mol. The quantitative estimate of drug-likeness (QED) is 0.507. The molecule has 1 aromatic heterocycles. The summed E-state index contributed by atoms with van der Waals surface area (Å²) in [6.07, 6.45) is -3.29. The fourth-order valence-electron chi connectivity index (χ4n) is 2.67. The summed E-state index contributed by atoms with van der Waals surface area (Å²) in [7, 11) is -4.31. The molecule has 0 atom stereocenters. The van der Waals surface area contributed by atoms with Gasteiger partial charge in [0, 0.05) is 6.20 Å². The Hall–Kier alpha value is -2.58. The van der Waals surface area contributed by atoms with Gasteiger partial charge in [-0.1, -0.05) is 29.3 Å². The molecule has 0 N–H and O–H groups in total. The van der Waals surface area contributed by atoms with E-state index in [1.807, 2.05) is 0 Å². The molecule has 0 aliphatic rings. The summed E-state index contributed by atoms with van der Waals surface area (Å²) in [6, 6.07) is 11.6. The molecule has 29 heavy (non-hydrogen) atoms. The topological polar surface area (TPSA) is 50.3 Å². The van der Waals surface area contributed by atoms with Crippen molar-refractivity contribution in [2.75, 3.05) is 4.31 Å². The number of aromatic nitrogens is 1. The molecule has 0 bridgehead atoms. The van der Waals surface area contributed by atoms with Crippen LogP contribution in [0.2, 0.25) is 5.02 Å². The largest absolute Gasteiger partial charge is 0.416 e. The van der Waals surface area contributed by atoms with E-state index in [1.54, 1.807) is 32.0 Å². The van der Waals surface area contributed by atoms with Crippen molar-refractivity contribution in [2.45, 2.75) is 24.9 Å². The van der Waals surface area contributed by atoms with Gasteiger partial charge in [0.25, 0.3) is 10.0 Å². The van der Waals surface area contributed by atoms with Gasteiger partial charge >= 0.3 is 6.18 Å². The Labute approximate surface area is 171 Å². The molecular weight excluding hydrogens is 425 g/mol. The maximum absolute atomic E-state index is 13.4. The Morgan fingerprint density at radius 1 is 0.931 bits per heavy atom. The number of halogens is 4. The van der Waals surface area contributed by atoms with Crippen LogP contribution in [-0.2, 0) is 16.2 Å². The van der Waals surface area contributed by atoms with E-state index in [1.165, 1.54) is 24.4 Å². The lowest BCUT2D eigenvalue weighted by atomic mass is 10.2. The van der Waals surface area contributed by atoms with E-state index in [2.05, 4.69) is 4.98 Å². The van der Waals surface area contributed by atoms with Gasteiger partial charge in [-0.05, 0) is 61.9 Å². The predicted octanol–water partition coefficient (Wildman–Crippen LogP) is 5.90.